The van der Waals surface area contributed by atoms with Crippen LogP contribution < -0.4 is 11.1 Å². The SMILES string of the molecule is COC1CCC(Nc2ccccc2CN2CCC[C@@H](C(N)=O)C2)CC1. The molecule has 25 heavy (non-hydrogen) atoms. The van der Waals surface area contributed by atoms with E-state index in [1.54, 1.807) is 0 Å². The van der Waals surface area contributed by atoms with Crippen LogP contribution in [0.3, 0.4) is 0 Å². The van der Waals surface area contributed by atoms with E-state index in [0.717, 1.165) is 58.2 Å². The Bertz CT molecular complexity index is 570. The number of primary amides is 1. The van der Waals surface area contributed by atoms with E-state index < -0.39 is 0 Å². The number of nitrogens with two attached hydrogens (primary N) is 1. The number of benzene rings is 1. The monoisotopic (exact) mass is 345 g/mol. The molecule has 1 amide bonds. The van der Waals surface area contributed by atoms with Gasteiger partial charge in [0.2, 0.25) is 5.91 Å². The quantitative estimate of drug-likeness (QED) is 0.832. The minimum atomic E-state index is -0.161. The third-order valence-corrected chi connectivity index (χ3v) is 5.69. The number of piperidine rings is 1. The maximum Gasteiger partial charge on any atom is 0.221 e. The van der Waals surface area contributed by atoms with Gasteiger partial charge in [-0.25, -0.2) is 0 Å². The molecule has 2 aliphatic rings. The zero-order chi connectivity index (χ0) is 17.6. The molecule has 0 radical (unpaired) electrons. The summed E-state index contributed by atoms with van der Waals surface area (Å²) in [6, 6.07) is 9.07. The van der Waals surface area contributed by atoms with Crippen LogP contribution in [-0.4, -0.2) is 43.2 Å². The molecule has 1 aliphatic heterocycles. The molecule has 1 aromatic rings. The molecule has 1 saturated heterocycles. The fourth-order valence-electron chi connectivity index (χ4n) is 4.13. The van der Waals surface area contributed by atoms with Crippen molar-refractivity contribution in [3.63, 3.8) is 0 Å². The van der Waals surface area contributed by atoms with Crippen LogP contribution in [0.5, 0.6) is 0 Å². The Balaban J connectivity index is 1.60. The maximum absolute atomic E-state index is 11.5. The van der Waals surface area contributed by atoms with Crippen molar-refractivity contribution in [1.29, 1.82) is 0 Å². The van der Waals surface area contributed by atoms with Crippen LogP contribution >= 0.6 is 0 Å². The smallest absolute Gasteiger partial charge is 0.221 e. The van der Waals surface area contributed by atoms with Gasteiger partial charge < -0.3 is 15.8 Å². The van der Waals surface area contributed by atoms with E-state index in [-0.39, 0.29) is 11.8 Å². The third-order valence-electron chi connectivity index (χ3n) is 5.69. The largest absolute Gasteiger partial charge is 0.382 e. The lowest BCUT2D eigenvalue weighted by Gasteiger charge is -2.33. The zero-order valence-corrected chi connectivity index (χ0v) is 15.2. The Kier molecular flexibility index (Phi) is 6.32. The van der Waals surface area contributed by atoms with Gasteiger partial charge in [-0.3, -0.25) is 9.69 Å². The van der Waals surface area contributed by atoms with Crippen molar-refractivity contribution in [3.8, 4) is 0 Å². The Morgan fingerprint density at radius 1 is 1.24 bits per heavy atom. The molecule has 1 atom stereocenters. The van der Waals surface area contributed by atoms with E-state index in [1.807, 2.05) is 7.11 Å². The highest BCUT2D eigenvalue weighted by Gasteiger charge is 2.25. The fraction of sp³-hybridized carbons (Fsp3) is 0.650. The van der Waals surface area contributed by atoms with Gasteiger partial charge in [-0.2, -0.15) is 0 Å². The van der Waals surface area contributed by atoms with Gasteiger partial charge >= 0.3 is 0 Å². The van der Waals surface area contributed by atoms with Gasteiger partial charge in [-0.15, -0.1) is 0 Å². The average molecular weight is 345 g/mol. The maximum atomic E-state index is 11.5. The highest BCUT2D eigenvalue weighted by Crippen LogP contribution is 2.27. The number of para-hydroxylation sites is 1. The molecule has 0 aromatic heterocycles. The lowest BCUT2D eigenvalue weighted by Crippen LogP contribution is -2.40. The van der Waals surface area contributed by atoms with E-state index in [1.165, 1.54) is 11.3 Å². The number of carbonyl (C=O) groups is 1. The summed E-state index contributed by atoms with van der Waals surface area (Å²) in [5.74, 6) is -0.163. The predicted octanol–water partition coefficient (Wildman–Crippen LogP) is 2.75. The predicted molar refractivity (Wildman–Crippen MR) is 100 cm³/mol. The average Bonchev–Trinajstić information content (AvgIpc) is 2.64. The van der Waals surface area contributed by atoms with Crippen molar-refractivity contribution >= 4 is 11.6 Å². The van der Waals surface area contributed by atoms with Crippen LogP contribution in [0.4, 0.5) is 5.69 Å². The molecule has 1 aliphatic carbocycles. The number of nitrogens with zero attached hydrogens (tertiary/aromatic N) is 1. The van der Waals surface area contributed by atoms with Crippen LogP contribution in [0.15, 0.2) is 24.3 Å². The summed E-state index contributed by atoms with van der Waals surface area (Å²) in [7, 11) is 1.81. The number of hydrogen-bond donors (Lipinski definition) is 2. The Labute approximate surface area is 150 Å². The van der Waals surface area contributed by atoms with Crippen molar-refractivity contribution in [1.82, 2.24) is 4.90 Å². The van der Waals surface area contributed by atoms with Crippen molar-refractivity contribution in [2.24, 2.45) is 11.7 Å². The Morgan fingerprint density at radius 3 is 2.72 bits per heavy atom. The summed E-state index contributed by atoms with van der Waals surface area (Å²) in [6.45, 7) is 2.69. The summed E-state index contributed by atoms with van der Waals surface area (Å²) >= 11 is 0. The molecule has 0 unspecified atom stereocenters. The number of rotatable bonds is 6. The fourth-order valence-corrected chi connectivity index (χ4v) is 4.13. The molecule has 3 N–H and O–H groups in total. The van der Waals surface area contributed by atoms with E-state index in [0.29, 0.717) is 12.1 Å². The molecule has 1 saturated carbocycles. The summed E-state index contributed by atoms with van der Waals surface area (Å²) in [4.78, 5) is 13.9. The van der Waals surface area contributed by atoms with Gasteiger partial charge in [0.25, 0.3) is 0 Å². The molecule has 0 bridgehead atoms. The minimum Gasteiger partial charge on any atom is -0.382 e. The van der Waals surface area contributed by atoms with Gasteiger partial charge in [-0.1, -0.05) is 18.2 Å². The van der Waals surface area contributed by atoms with Crippen molar-refractivity contribution < 1.29 is 9.53 Å². The second-order valence-corrected chi connectivity index (χ2v) is 7.49. The van der Waals surface area contributed by atoms with E-state index >= 15 is 0 Å². The lowest BCUT2D eigenvalue weighted by molar-refractivity contribution is -0.123. The van der Waals surface area contributed by atoms with E-state index in [4.69, 9.17) is 10.5 Å². The lowest BCUT2D eigenvalue weighted by atomic mass is 9.92. The minimum absolute atomic E-state index is 0.00167. The first-order valence-corrected chi connectivity index (χ1v) is 9.54. The summed E-state index contributed by atoms with van der Waals surface area (Å²) in [6.07, 6.45) is 6.96. The number of ether oxygens (including phenoxy) is 1. The Morgan fingerprint density at radius 2 is 2.00 bits per heavy atom. The molecule has 3 rings (SSSR count). The number of hydrogen-bond acceptors (Lipinski definition) is 4. The van der Waals surface area contributed by atoms with Crippen molar-refractivity contribution in [3.05, 3.63) is 29.8 Å². The standard InChI is InChI=1S/C20H31N3O2/c1-25-18-10-8-17(9-11-18)22-19-7-3-2-5-15(19)13-23-12-4-6-16(14-23)20(21)24/h2-3,5,7,16-18,22H,4,6,8-14H2,1H3,(H2,21,24)/t16-,17?,18?/m1/s1. The number of carbonyl (C=O) groups excluding carboxylic acids is 1. The van der Waals surface area contributed by atoms with Crippen LogP contribution in [0, 0.1) is 5.92 Å². The molecule has 1 heterocycles. The summed E-state index contributed by atoms with van der Waals surface area (Å²) in [5, 5.41) is 3.74. The van der Waals surface area contributed by atoms with Gasteiger partial charge in [0.05, 0.1) is 12.0 Å². The Hall–Kier alpha value is -1.59. The molecule has 2 fully saturated rings. The van der Waals surface area contributed by atoms with E-state index in [2.05, 4.69) is 34.5 Å². The molecule has 1 aromatic carbocycles. The first-order chi connectivity index (χ1) is 12.2. The summed E-state index contributed by atoms with van der Waals surface area (Å²) < 4.78 is 5.47. The number of amides is 1. The second kappa shape index (κ2) is 8.68. The molecule has 5 nitrogen and oxygen atoms in total. The highest BCUT2D eigenvalue weighted by atomic mass is 16.5. The molecule has 5 heteroatoms. The third kappa shape index (κ3) is 4.95. The van der Waals surface area contributed by atoms with Crippen molar-refractivity contribution in [2.75, 3.05) is 25.5 Å². The second-order valence-electron chi connectivity index (χ2n) is 7.49. The molecular weight excluding hydrogens is 314 g/mol. The normalized spacial score (nSPS) is 27.8. The number of likely N-dealkylation sites (tertiary alicyclic amines) is 1. The molecule has 0 spiro atoms. The number of methoxy groups -OCH3 is 1. The zero-order valence-electron chi connectivity index (χ0n) is 15.2. The molecular formula is C20H31N3O2. The van der Waals surface area contributed by atoms with Gasteiger partial charge in [0, 0.05) is 31.9 Å². The van der Waals surface area contributed by atoms with Gasteiger partial charge in [0.15, 0.2) is 0 Å². The van der Waals surface area contributed by atoms with Crippen LogP contribution in [0.25, 0.3) is 0 Å². The first kappa shape index (κ1) is 18.2. The number of anilines is 1. The van der Waals surface area contributed by atoms with Crippen LogP contribution in [0.1, 0.15) is 44.1 Å². The van der Waals surface area contributed by atoms with Gasteiger partial charge in [0.1, 0.15) is 0 Å². The number of nitrogens with one attached hydrogen (secondary N) is 1. The van der Waals surface area contributed by atoms with Crippen LogP contribution in [-0.2, 0) is 16.1 Å². The summed E-state index contributed by atoms with van der Waals surface area (Å²) in [5.41, 5.74) is 8.04. The van der Waals surface area contributed by atoms with E-state index in [9.17, 15) is 4.79 Å². The first-order valence-electron chi connectivity index (χ1n) is 9.54. The topological polar surface area (TPSA) is 67.6 Å². The van der Waals surface area contributed by atoms with Crippen LogP contribution in [0.2, 0.25) is 0 Å². The molecule has 138 valence electrons. The van der Waals surface area contributed by atoms with Crippen molar-refractivity contribution in [2.45, 2.75) is 57.2 Å². The highest BCUT2D eigenvalue weighted by molar-refractivity contribution is 5.76. The van der Waals surface area contributed by atoms with Gasteiger partial charge in [-0.05, 0) is 56.7 Å².